The van der Waals surface area contributed by atoms with Gasteiger partial charge in [0.05, 0.1) is 6.10 Å². The summed E-state index contributed by atoms with van der Waals surface area (Å²) in [4.78, 5) is 0.625. The van der Waals surface area contributed by atoms with E-state index in [1.54, 1.807) is 26.2 Å². The fourth-order valence-electron chi connectivity index (χ4n) is 1.28. The Labute approximate surface area is 99.8 Å². The Hall–Kier alpha value is -0.580. The first-order chi connectivity index (χ1) is 7.65. The topological polar surface area (TPSA) is 29.5 Å². The molecule has 0 heterocycles. The van der Waals surface area contributed by atoms with Gasteiger partial charge in [-0.3, -0.25) is 0 Å². The Bertz CT molecular complexity index is 329. The first kappa shape index (κ1) is 13.5. The fourth-order valence-corrected chi connectivity index (χ4v) is 2.12. The fraction of sp³-hybridized carbons (Fsp3) is 0.500. The summed E-state index contributed by atoms with van der Waals surface area (Å²) < 4.78 is 18.5. The Morgan fingerprint density at radius 3 is 2.81 bits per heavy atom. The maximum atomic E-state index is 13.6. The van der Waals surface area contributed by atoms with E-state index in [9.17, 15) is 9.50 Å². The summed E-state index contributed by atoms with van der Waals surface area (Å²) in [6.45, 7) is 2.32. The summed E-state index contributed by atoms with van der Waals surface area (Å²) in [5.74, 6) is 0.569. The van der Waals surface area contributed by atoms with Gasteiger partial charge in [-0.05, 0) is 31.0 Å². The zero-order valence-corrected chi connectivity index (χ0v) is 10.4. The van der Waals surface area contributed by atoms with Gasteiger partial charge in [0, 0.05) is 24.4 Å². The summed E-state index contributed by atoms with van der Waals surface area (Å²) in [5, 5.41) is 9.30. The lowest BCUT2D eigenvalue weighted by Gasteiger charge is -2.07. The lowest BCUT2D eigenvalue weighted by atomic mass is 10.1. The minimum atomic E-state index is -0.623. The van der Waals surface area contributed by atoms with Crippen LogP contribution in [0.1, 0.15) is 25.0 Å². The van der Waals surface area contributed by atoms with Gasteiger partial charge < -0.3 is 9.84 Å². The van der Waals surface area contributed by atoms with E-state index in [4.69, 9.17) is 4.74 Å². The highest BCUT2D eigenvalue weighted by Crippen LogP contribution is 2.25. The van der Waals surface area contributed by atoms with Crippen LogP contribution >= 0.6 is 11.8 Å². The molecule has 90 valence electrons. The number of benzene rings is 1. The number of rotatable bonds is 6. The van der Waals surface area contributed by atoms with Gasteiger partial charge in [0.25, 0.3) is 0 Å². The van der Waals surface area contributed by atoms with Crippen molar-refractivity contribution in [1.82, 2.24) is 0 Å². The standard InChI is InChI=1S/C12H17FO2S/c1-9(14)10-4-5-12(11(13)8-10)16-7-3-6-15-2/h4-5,8-9,14H,3,6-7H2,1-2H3. The molecule has 0 amide bonds. The van der Waals surface area contributed by atoms with Crippen LogP contribution in [-0.2, 0) is 4.74 Å². The largest absolute Gasteiger partial charge is 0.389 e. The zero-order chi connectivity index (χ0) is 12.0. The minimum Gasteiger partial charge on any atom is -0.389 e. The van der Waals surface area contributed by atoms with E-state index in [-0.39, 0.29) is 5.82 Å². The second-order valence-electron chi connectivity index (χ2n) is 3.56. The molecule has 0 radical (unpaired) electrons. The van der Waals surface area contributed by atoms with Crippen LogP contribution in [0.3, 0.4) is 0 Å². The summed E-state index contributed by atoms with van der Waals surface area (Å²) in [6.07, 6.45) is 0.278. The Morgan fingerprint density at radius 2 is 2.25 bits per heavy atom. The van der Waals surface area contributed by atoms with Crippen molar-refractivity contribution in [1.29, 1.82) is 0 Å². The molecule has 0 spiro atoms. The molecule has 1 aromatic carbocycles. The third-order valence-electron chi connectivity index (χ3n) is 2.19. The van der Waals surface area contributed by atoms with Crippen LogP contribution in [0.4, 0.5) is 4.39 Å². The number of methoxy groups -OCH3 is 1. The predicted octanol–water partition coefficient (Wildman–Crippen LogP) is 3.01. The first-order valence-electron chi connectivity index (χ1n) is 5.24. The molecular formula is C12H17FO2S. The predicted molar refractivity (Wildman–Crippen MR) is 64.3 cm³/mol. The van der Waals surface area contributed by atoms with Crippen molar-refractivity contribution in [3.05, 3.63) is 29.6 Å². The average molecular weight is 244 g/mol. The second-order valence-corrected chi connectivity index (χ2v) is 4.70. The van der Waals surface area contributed by atoms with Crippen molar-refractivity contribution in [3.8, 4) is 0 Å². The van der Waals surface area contributed by atoms with E-state index in [0.717, 1.165) is 12.2 Å². The molecule has 2 nitrogen and oxygen atoms in total. The van der Waals surface area contributed by atoms with Crippen molar-refractivity contribution in [2.24, 2.45) is 0 Å². The molecule has 0 aliphatic rings. The highest BCUT2D eigenvalue weighted by molar-refractivity contribution is 7.99. The maximum Gasteiger partial charge on any atom is 0.137 e. The van der Waals surface area contributed by atoms with E-state index >= 15 is 0 Å². The van der Waals surface area contributed by atoms with Gasteiger partial charge in [0.15, 0.2) is 0 Å². The zero-order valence-electron chi connectivity index (χ0n) is 9.57. The molecule has 0 saturated heterocycles. The minimum absolute atomic E-state index is 0.263. The van der Waals surface area contributed by atoms with Gasteiger partial charge in [-0.2, -0.15) is 0 Å². The van der Waals surface area contributed by atoms with Gasteiger partial charge >= 0.3 is 0 Å². The van der Waals surface area contributed by atoms with Crippen molar-refractivity contribution in [2.45, 2.75) is 24.3 Å². The molecule has 0 aliphatic carbocycles. The highest BCUT2D eigenvalue weighted by Gasteiger charge is 2.07. The van der Waals surface area contributed by atoms with E-state index in [1.165, 1.54) is 17.8 Å². The number of halogens is 1. The molecule has 4 heteroatoms. The van der Waals surface area contributed by atoms with Crippen LogP contribution in [0.25, 0.3) is 0 Å². The molecule has 1 rings (SSSR count). The molecule has 0 saturated carbocycles. The van der Waals surface area contributed by atoms with Gasteiger partial charge in [-0.25, -0.2) is 4.39 Å². The molecule has 1 atom stereocenters. The average Bonchev–Trinajstić information content (AvgIpc) is 2.26. The highest BCUT2D eigenvalue weighted by atomic mass is 32.2. The normalized spacial score (nSPS) is 12.8. The Morgan fingerprint density at radius 1 is 1.50 bits per heavy atom. The third kappa shape index (κ3) is 4.12. The van der Waals surface area contributed by atoms with Gasteiger partial charge in [0.2, 0.25) is 0 Å². The molecule has 0 bridgehead atoms. The van der Waals surface area contributed by atoms with Gasteiger partial charge in [0.1, 0.15) is 5.82 Å². The van der Waals surface area contributed by atoms with E-state index in [1.807, 2.05) is 0 Å². The van der Waals surface area contributed by atoms with Gasteiger partial charge in [-0.1, -0.05) is 6.07 Å². The lowest BCUT2D eigenvalue weighted by molar-refractivity contribution is 0.198. The van der Waals surface area contributed by atoms with Crippen LogP contribution in [0.5, 0.6) is 0 Å². The number of aliphatic hydroxyl groups excluding tert-OH is 1. The maximum absolute atomic E-state index is 13.6. The van der Waals surface area contributed by atoms with E-state index < -0.39 is 6.10 Å². The molecule has 1 unspecified atom stereocenters. The summed E-state index contributed by atoms with van der Waals surface area (Å²) in [6, 6.07) is 4.87. The molecule has 0 aliphatic heterocycles. The Kier molecular flexibility index (Phi) is 5.80. The number of thioether (sulfide) groups is 1. The van der Waals surface area contributed by atoms with Crippen LogP contribution in [0.2, 0.25) is 0 Å². The smallest absolute Gasteiger partial charge is 0.137 e. The third-order valence-corrected chi connectivity index (χ3v) is 3.32. The number of ether oxygens (including phenoxy) is 1. The van der Waals surface area contributed by atoms with Crippen LogP contribution in [0, 0.1) is 5.82 Å². The quantitative estimate of drug-likeness (QED) is 0.616. The van der Waals surface area contributed by atoms with Crippen LogP contribution < -0.4 is 0 Å². The van der Waals surface area contributed by atoms with Crippen molar-refractivity contribution < 1.29 is 14.2 Å². The monoisotopic (exact) mass is 244 g/mol. The molecule has 1 N–H and O–H groups in total. The van der Waals surface area contributed by atoms with Crippen molar-refractivity contribution in [3.63, 3.8) is 0 Å². The van der Waals surface area contributed by atoms with E-state index in [0.29, 0.717) is 17.1 Å². The molecular weight excluding hydrogens is 227 g/mol. The lowest BCUT2D eigenvalue weighted by Crippen LogP contribution is -1.94. The molecule has 1 aromatic rings. The summed E-state index contributed by atoms with van der Waals surface area (Å²) in [7, 11) is 1.66. The van der Waals surface area contributed by atoms with Crippen molar-refractivity contribution >= 4 is 11.8 Å². The number of hydrogen-bond donors (Lipinski definition) is 1. The number of hydrogen-bond acceptors (Lipinski definition) is 3. The van der Waals surface area contributed by atoms with Crippen LogP contribution in [-0.4, -0.2) is 24.6 Å². The summed E-state index contributed by atoms with van der Waals surface area (Å²) >= 11 is 1.47. The molecule has 0 aromatic heterocycles. The van der Waals surface area contributed by atoms with E-state index in [2.05, 4.69) is 0 Å². The van der Waals surface area contributed by atoms with Gasteiger partial charge in [-0.15, -0.1) is 11.8 Å². The van der Waals surface area contributed by atoms with Crippen molar-refractivity contribution in [2.75, 3.05) is 19.5 Å². The molecule has 0 fully saturated rings. The second kappa shape index (κ2) is 6.89. The Balaban J connectivity index is 2.54. The number of aliphatic hydroxyl groups is 1. The first-order valence-corrected chi connectivity index (χ1v) is 6.23. The molecule has 16 heavy (non-hydrogen) atoms. The summed E-state index contributed by atoms with van der Waals surface area (Å²) in [5.41, 5.74) is 0.610. The van der Waals surface area contributed by atoms with Crippen LogP contribution in [0.15, 0.2) is 23.1 Å². The SMILES string of the molecule is COCCCSc1ccc(C(C)O)cc1F.